The number of likely N-dealkylation sites (N-methyl/N-ethyl adjacent to an activating group) is 1. The first-order valence-corrected chi connectivity index (χ1v) is 9.39. The molecule has 1 rings (SSSR count). The van der Waals surface area contributed by atoms with Gasteiger partial charge in [-0.05, 0) is 13.1 Å². The molecular formula is C19H28N2O10. The van der Waals surface area contributed by atoms with Crippen molar-refractivity contribution in [3.8, 4) is 0 Å². The highest BCUT2D eigenvalue weighted by Crippen LogP contribution is 2.26. The van der Waals surface area contributed by atoms with Gasteiger partial charge in [-0.1, -0.05) is 0 Å². The van der Waals surface area contributed by atoms with Crippen molar-refractivity contribution in [2.24, 2.45) is 0 Å². The number of hydrogen-bond acceptors (Lipinski definition) is 11. The van der Waals surface area contributed by atoms with Crippen LogP contribution in [-0.2, 0) is 47.7 Å². The number of rotatable bonds is 9. The van der Waals surface area contributed by atoms with Gasteiger partial charge >= 0.3 is 23.9 Å². The van der Waals surface area contributed by atoms with E-state index < -0.39 is 66.8 Å². The van der Waals surface area contributed by atoms with Crippen LogP contribution in [0.25, 0.3) is 0 Å². The Bertz CT molecular complexity index is 735. The van der Waals surface area contributed by atoms with Gasteiger partial charge in [-0.15, -0.1) is 0 Å². The molecule has 1 heterocycles. The van der Waals surface area contributed by atoms with Crippen molar-refractivity contribution in [2.45, 2.75) is 58.1 Å². The van der Waals surface area contributed by atoms with Crippen molar-refractivity contribution in [1.82, 2.24) is 10.6 Å². The zero-order valence-electron chi connectivity index (χ0n) is 18.3. The van der Waals surface area contributed by atoms with Crippen LogP contribution < -0.4 is 10.6 Å². The van der Waals surface area contributed by atoms with Crippen LogP contribution in [0.15, 0.2) is 11.8 Å². The van der Waals surface area contributed by atoms with Gasteiger partial charge < -0.3 is 34.3 Å². The minimum Gasteiger partial charge on any atom is -0.477 e. The van der Waals surface area contributed by atoms with Crippen molar-refractivity contribution in [1.29, 1.82) is 0 Å². The molecule has 1 aliphatic heterocycles. The molecule has 12 nitrogen and oxygen atoms in total. The zero-order valence-corrected chi connectivity index (χ0v) is 18.3. The topological polar surface area (TPSA) is 156 Å². The van der Waals surface area contributed by atoms with Crippen LogP contribution in [0.2, 0.25) is 0 Å². The zero-order chi connectivity index (χ0) is 23.7. The Labute approximate surface area is 179 Å². The Hall–Kier alpha value is -3.15. The van der Waals surface area contributed by atoms with Crippen molar-refractivity contribution < 1.29 is 47.7 Å². The molecule has 5 atom stereocenters. The van der Waals surface area contributed by atoms with Crippen LogP contribution in [0, 0.1) is 0 Å². The largest absolute Gasteiger partial charge is 0.477 e. The van der Waals surface area contributed by atoms with Crippen molar-refractivity contribution in [2.75, 3.05) is 20.8 Å². The van der Waals surface area contributed by atoms with Gasteiger partial charge in [-0.3, -0.25) is 19.2 Å². The molecule has 0 saturated carbocycles. The molecule has 0 aromatic heterocycles. The quantitative estimate of drug-likeness (QED) is 0.331. The van der Waals surface area contributed by atoms with Crippen LogP contribution in [0.1, 0.15) is 27.7 Å². The molecule has 174 valence electrons. The van der Waals surface area contributed by atoms with E-state index in [2.05, 4.69) is 10.6 Å². The van der Waals surface area contributed by atoms with Crippen LogP contribution in [0.4, 0.5) is 0 Å². The second-order valence-electron chi connectivity index (χ2n) is 6.67. The first-order valence-electron chi connectivity index (χ1n) is 9.39. The summed E-state index contributed by atoms with van der Waals surface area (Å²) in [6, 6.07) is -1.52. The van der Waals surface area contributed by atoms with E-state index >= 15 is 0 Å². The third-order valence-electron chi connectivity index (χ3n) is 4.19. The second kappa shape index (κ2) is 11.9. The molecule has 0 radical (unpaired) electrons. The highest BCUT2D eigenvalue weighted by atomic mass is 16.6. The van der Waals surface area contributed by atoms with Gasteiger partial charge in [-0.2, -0.15) is 0 Å². The van der Waals surface area contributed by atoms with E-state index in [1.807, 2.05) is 0 Å². The van der Waals surface area contributed by atoms with Crippen LogP contribution in [0.5, 0.6) is 0 Å². The standard InChI is InChI=1S/C19H28N2O10/c1-9(22)21-16-13(20-5)7-14(19(26)27-6)31-18(16)17(30-12(4)25)15(29-11(3)24)8-28-10(2)23/h7,13,15-18,20H,8H2,1-6H3,(H,21,22)/t13-,15-,16-,17-,18-/m1/s1. The maximum absolute atomic E-state index is 12.1. The minimum atomic E-state index is -1.36. The summed E-state index contributed by atoms with van der Waals surface area (Å²) in [5.74, 6) is -3.61. The molecule has 31 heavy (non-hydrogen) atoms. The Balaban J connectivity index is 3.48. The van der Waals surface area contributed by atoms with E-state index in [0.29, 0.717) is 0 Å². The fourth-order valence-corrected chi connectivity index (χ4v) is 3.04. The van der Waals surface area contributed by atoms with Crippen LogP contribution in [0.3, 0.4) is 0 Å². The van der Waals surface area contributed by atoms with E-state index in [4.69, 9.17) is 23.7 Å². The minimum absolute atomic E-state index is 0.209. The van der Waals surface area contributed by atoms with Gasteiger partial charge in [0.25, 0.3) is 0 Å². The number of carbonyl (C=O) groups excluding carboxylic acids is 5. The predicted octanol–water partition coefficient (Wildman–Crippen LogP) is -1.04. The highest BCUT2D eigenvalue weighted by Gasteiger charge is 2.47. The fourth-order valence-electron chi connectivity index (χ4n) is 3.04. The summed E-state index contributed by atoms with van der Waals surface area (Å²) in [7, 11) is 2.73. The normalized spacial score (nSPS) is 22.0. The van der Waals surface area contributed by atoms with Crippen molar-refractivity contribution in [3.05, 3.63) is 11.8 Å². The molecule has 1 aliphatic rings. The first kappa shape index (κ1) is 25.9. The summed E-state index contributed by atoms with van der Waals surface area (Å²) < 4.78 is 26.0. The summed E-state index contributed by atoms with van der Waals surface area (Å²) in [6.45, 7) is 4.20. The average molecular weight is 444 g/mol. The summed E-state index contributed by atoms with van der Waals surface area (Å²) in [6.07, 6.45) is -2.46. The lowest BCUT2D eigenvalue weighted by molar-refractivity contribution is -0.188. The number of amides is 1. The van der Waals surface area contributed by atoms with Gasteiger partial charge in [0.15, 0.2) is 18.3 Å². The molecule has 0 saturated heterocycles. The fraction of sp³-hybridized carbons (Fsp3) is 0.632. The highest BCUT2D eigenvalue weighted by molar-refractivity contribution is 5.86. The molecule has 0 aliphatic carbocycles. The van der Waals surface area contributed by atoms with Crippen molar-refractivity contribution in [3.63, 3.8) is 0 Å². The molecule has 0 unspecified atom stereocenters. The smallest absolute Gasteiger partial charge is 0.373 e. The number of methoxy groups -OCH3 is 1. The molecule has 2 N–H and O–H groups in total. The SMILES string of the molecule is CN[C@@H]1C=C(C(=O)OC)O[C@@H]([C@H](OC(C)=O)[C@@H](COC(C)=O)OC(C)=O)[C@@H]1NC(C)=O. The van der Waals surface area contributed by atoms with E-state index in [1.54, 1.807) is 7.05 Å². The first-order chi connectivity index (χ1) is 14.5. The van der Waals surface area contributed by atoms with E-state index in [0.717, 1.165) is 27.9 Å². The lowest BCUT2D eigenvalue weighted by Gasteiger charge is -2.41. The predicted molar refractivity (Wildman–Crippen MR) is 103 cm³/mol. The third-order valence-corrected chi connectivity index (χ3v) is 4.19. The molecule has 12 heteroatoms. The number of esters is 4. The summed E-state index contributed by atoms with van der Waals surface area (Å²) in [4.78, 5) is 58.8. The lowest BCUT2D eigenvalue weighted by Crippen LogP contribution is -2.63. The Morgan fingerprint density at radius 3 is 2.10 bits per heavy atom. The van der Waals surface area contributed by atoms with Gasteiger partial charge in [0.2, 0.25) is 11.7 Å². The monoisotopic (exact) mass is 444 g/mol. The van der Waals surface area contributed by atoms with Gasteiger partial charge in [0, 0.05) is 27.7 Å². The number of carbonyl (C=O) groups is 5. The molecule has 0 aromatic carbocycles. The van der Waals surface area contributed by atoms with Gasteiger partial charge in [0.1, 0.15) is 6.61 Å². The van der Waals surface area contributed by atoms with E-state index in [-0.39, 0.29) is 5.76 Å². The van der Waals surface area contributed by atoms with E-state index in [9.17, 15) is 24.0 Å². The van der Waals surface area contributed by atoms with Crippen molar-refractivity contribution >= 4 is 29.8 Å². The Morgan fingerprint density at radius 1 is 1.03 bits per heavy atom. The van der Waals surface area contributed by atoms with Crippen LogP contribution in [-0.4, -0.2) is 80.9 Å². The number of ether oxygens (including phenoxy) is 5. The third kappa shape index (κ3) is 7.89. The maximum Gasteiger partial charge on any atom is 0.373 e. The summed E-state index contributed by atoms with van der Waals surface area (Å²) in [5, 5.41) is 5.60. The molecule has 0 spiro atoms. The Morgan fingerprint density at radius 2 is 1.65 bits per heavy atom. The van der Waals surface area contributed by atoms with E-state index in [1.165, 1.54) is 13.0 Å². The van der Waals surface area contributed by atoms with Gasteiger partial charge in [0.05, 0.1) is 19.2 Å². The number of nitrogens with one attached hydrogen (secondary N) is 2. The van der Waals surface area contributed by atoms with Gasteiger partial charge in [-0.25, -0.2) is 4.79 Å². The molecule has 0 aromatic rings. The Kier molecular flexibility index (Phi) is 9.93. The number of hydrogen-bond donors (Lipinski definition) is 2. The summed E-state index contributed by atoms with van der Waals surface area (Å²) >= 11 is 0. The average Bonchev–Trinajstić information content (AvgIpc) is 2.68. The lowest BCUT2D eigenvalue weighted by atomic mass is 9.91. The molecule has 1 amide bonds. The molecular weight excluding hydrogens is 416 g/mol. The summed E-state index contributed by atoms with van der Waals surface area (Å²) in [5.41, 5.74) is 0. The second-order valence-corrected chi connectivity index (χ2v) is 6.67. The van der Waals surface area contributed by atoms with Crippen LogP contribution >= 0.6 is 0 Å². The maximum atomic E-state index is 12.1. The molecule has 0 fully saturated rings. The molecule has 0 bridgehead atoms.